The molecule has 0 aliphatic carbocycles. The smallest absolute Gasteiger partial charge is 0.337 e. The number of alkyl halides is 2. The Hall–Kier alpha value is -0.350. The van der Waals surface area contributed by atoms with Gasteiger partial charge in [-0.15, -0.1) is 0 Å². The lowest BCUT2D eigenvalue weighted by Crippen LogP contribution is -2.02. The van der Waals surface area contributed by atoms with Crippen molar-refractivity contribution in [2.45, 2.75) is 10.7 Å². The first-order valence-corrected chi connectivity index (χ1v) is 6.28. The molecule has 0 aliphatic heterocycles. The highest BCUT2D eigenvalue weighted by Crippen LogP contribution is 2.16. The van der Waals surface area contributed by atoms with E-state index in [-0.39, 0.29) is 5.97 Å². The first-order chi connectivity index (χ1) is 6.71. The first-order valence-electron chi connectivity index (χ1n) is 4.04. The van der Waals surface area contributed by atoms with E-state index in [1.807, 2.05) is 18.2 Å². The van der Waals surface area contributed by atoms with Crippen LogP contribution in [0.5, 0.6) is 0 Å². The number of rotatable bonds is 3. The Labute approximate surface area is 99.9 Å². The predicted molar refractivity (Wildman–Crippen MR) is 63.0 cm³/mol. The Morgan fingerprint density at radius 1 is 1.21 bits per heavy atom. The van der Waals surface area contributed by atoms with Gasteiger partial charge in [-0.25, -0.2) is 4.79 Å². The van der Waals surface area contributed by atoms with Crippen LogP contribution in [0.2, 0.25) is 0 Å². The summed E-state index contributed by atoms with van der Waals surface area (Å²) in [6.07, 6.45) is 0. The molecule has 76 valence electrons. The largest absolute Gasteiger partial charge is 0.465 e. The fourth-order valence-electron chi connectivity index (χ4n) is 1.15. The Morgan fingerprint density at radius 2 is 1.71 bits per heavy atom. The molecule has 1 aromatic rings. The summed E-state index contributed by atoms with van der Waals surface area (Å²) in [6.45, 7) is 0. The van der Waals surface area contributed by atoms with Gasteiger partial charge in [0.1, 0.15) is 0 Å². The van der Waals surface area contributed by atoms with Crippen LogP contribution >= 0.6 is 31.9 Å². The average Bonchev–Trinajstić information content (AvgIpc) is 2.27. The zero-order valence-electron chi connectivity index (χ0n) is 7.72. The number of esters is 1. The van der Waals surface area contributed by atoms with Crippen LogP contribution < -0.4 is 0 Å². The number of benzene rings is 1. The van der Waals surface area contributed by atoms with Crippen LogP contribution in [0, 0.1) is 0 Å². The van der Waals surface area contributed by atoms with Crippen LogP contribution in [0.1, 0.15) is 21.5 Å². The predicted octanol–water partition coefficient (Wildman–Crippen LogP) is 3.26. The zero-order chi connectivity index (χ0) is 10.6. The third-order valence-electron chi connectivity index (χ3n) is 1.78. The summed E-state index contributed by atoms with van der Waals surface area (Å²) in [4.78, 5) is 11.3. The van der Waals surface area contributed by atoms with Gasteiger partial charge in [-0.05, 0) is 23.3 Å². The number of hydrogen-bond acceptors (Lipinski definition) is 2. The normalized spacial score (nSPS) is 9.93. The first kappa shape index (κ1) is 11.7. The van der Waals surface area contributed by atoms with Gasteiger partial charge in [0.25, 0.3) is 0 Å². The van der Waals surface area contributed by atoms with Crippen molar-refractivity contribution < 1.29 is 9.53 Å². The molecule has 0 spiro atoms. The fraction of sp³-hybridized carbons (Fsp3) is 0.300. The number of ether oxygens (including phenoxy) is 1. The van der Waals surface area contributed by atoms with Crippen molar-refractivity contribution in [3.8, 4) is 0 Å². The lowest BCUT2D eigenvalue weighted by Gasteiger charge is -2.04. The molecule has 0 amide bonds. The number of halogens is 2. The molecule has 2 nitrogen and oxygen atoms in total. The van der Waals surface area contributed by atoms with Crippen LogP contribution in [-0.2, 0) is 15.4 Å². The van der Waals surface area contributed by atoms with E-state index in [9.17, 15) is 4.79 Å². The molecule has 4 heteroatoms. The van der Waals surface area contributed by atoms with Crippen LogP contribution in [-0.4, -0.2) is 13.1 Å². The van der Waals surface area contributed by atoms with E-state index in [0.29, 0.717) is 5.56 Å². The van der Waals surface area contributed by atoms with Gasteiger partial charge in [-0.1, -0.05) is 37.9 Å². The van der Waals surface area contributed by atoms with Crippen LogP contribution in [0.3, 0.4) is 0 Å². The quantitative estimate of drug-likeness (QED) is 0.631. The minimum absolute atomic E-state index is 0.296. The van der Waals surface area contributed by atoms with E-state index >= 15 is 0 Å². The lowest BCUT2D eigenvalue weighted by molar-refractivity contribution is 0.0600. The summed E-state index contributed by atoms with van der Waals surface area (Å²) in [5, 5.41) is 1.47. The highest BCUT2D eigenvalue weighted by molar-refractivity contribution is 9.08. The van der Waals surface area contributed by atoms with Crippen molar-refractivity contribution in [2.24, 2.45) is 0 Å². The molecule has 0 saturated heterocycles. The van der Waals surface area contributed by atoms with Crippen LogP contribution in [0.25, 0.3) is 0 Å². The molecule has 0 saturated carbocycles. The average molecular weight is 322 g/mol. The second-order valence-electron chi connectivity index (χ2n) is 2.80. The van der Waals surface area contributed by atoms with Gasteiger partial charge in [0, 0.05) is 10.7 Å². The maximum Gasteiger partial charge on any atom is 0.337 e. The highest BCUT2D eigenvalue weighted by Gasteiger charge is 2.07. The molecule has 0 bridgehead atoms. The monoisotopic (exact) mass is 320 g/mol. The molecule has 0 radical (unpaired) electrons. The SMILES string of the molecule is COC(=O)c1cc(CBr)cc(CBr)c1. The molecule has 1 aromatic carbocycles. The van der Waals surface area contributed by atoms with E-state index in [4.69, 9.17) is 0 Å². The molecule has 0 aliphatic rings. The second kappa shape index (κ2) is 5.51. The molecule has 0 atom stereocenters. The summed E-state index contributed by atoms with van der Waals surface area (Å²) < 4.78 is 4.67. The third-order valence-corrected chi connectivity index (χ3v) is 3.08. The minimum Gasteiger partial charge on any atom is -0.465 e. The molecule has 0 aromatic heterocycles. The van der Waals surface area contributed by atoms with Crippen molar-refractivity contribution in [3.63, 3.8) is 0 Å². The van der Waals surface area contributed by atoms with Crippen LogP contribution in [0.15, 0.2) is 18.2 Å². The molecular formula is C10H10Br2O2. The zero-order valence-corrected chi connectivity index (χ0v) is 10.9. The highest BCUT2D eigenvalue weighted by atomic mass is 79.9. The van der Waals surface area contributed by atoms with Crippen molar-refractivity contribution in [3.05, 3.63) is 34.9 Å². The topological polar surface area (TPSA) is 26.3 Å². The van der Waals surface area contributed by atoms with Crippen molar-refractivity contribution in [2.75, 3.05) is 7.11 Å². The Bertz CT molecular complexity index is 315. The Morgan fingerprint density at radius 3 is 2.07 bits per heavy atom. The van der Waals surface area contributed by atoms with Gasteiger partial charge in [-0.2, -0.15) is 0 Å². The number of methoxy groups -OCH3 is 1. The van der Waals surface area contributed by atoms with Crippen LogP contribution in [0.4, 0.5) is 0 Å². The van der Waals surface area contributed by atoms with Gasteiger partial charge < -0.3 is 4.74 Å². The molecular weight excluding hydrogens is 312 g/mol. The van der Waals surface area contributed by atoms with Gasteiger partial charge in [0.15, 0.2) is 0 Å². The third kappa shape index (κ3) is 2.82. The van der Waals surface area contributed by atoms with Crippen molar-refractivity contribution >= 4 is 37.8 Å². The molecule has 14 heavy (non-hydrogen) atoms. The minimum atomic E-state index is -0.296. The van der Waals surface area contributed by atoms with Gasteiger partial charge >= 0.3 is 5.97 Å². The van der Waals surface area contributed by atoms with Crippen molar-refractivity contribution in [1.82, 2.24) is 0 Å². The fourth-order valence-corrected chi connectivity index (χ4v) is 1.80. The Kier molecular flexibility index (Phi) is 4.62. The lowest BCUT2D eigenvalue weighted by atomic mass is 10.1. The van der Waals surface area contributed by atoms with Gasteiger partial charge in [0.05, 0.1) is 12.7 Å². The van der Waals surface area contributed by atoms with E-state index in [0.717, 1.165) is 21.8 Å². The maximum atomic E-state index is 11.3. The van der Waals surface area contributed by atoms with Gasteiger partial charge in [-0.3, -0.25) is 0 Å². The number of carbonyl (C=O) groups excluding carboxylic acids is 1. The van der Waals surface area contributed by atoms with E-state index in [1.165, 1.54) is 7.11 Å². The summed E-state index contributed by atoms with van der Waals surface area (Å²) >= 11 is 6.72. The van der Waals surface area contributed by atoms with Crippen molar-refractivity contribution in [1.29, 1.82) is 0 Å². The second-order valence-corrected chi connectivity index (χ2v) is 3.92. The number of carbonyl (C=O) groups is 1. The molecule has 0 heterocycles. The van der Waals surface area contributed by atoms with E-state index in [1.54, 1.807) is 0 Å². The number of hydrogen-bond donors (Lipinski definition) is 0. The summed E-state index contributed by atoms with van der Waals surface area (Å²) in [7, 11) is 1.39. The van der Waals surface area contributed by atoms with Gasteiger partial charge in [0.2, 0.25) is 0 Å². The summed E-state index contributed by atoms with van der Waals surface area (Å²) in [6, 6.07) is 5.69. The Balaban J connectivity index is 3.10. The molecule has 0 fully saturated rings. The van der Waals surface area contributed by atoms with E-state index in [2.05, 4.69) is 36.6 Å². The molecule has 0 unspecified atom stereocenters. The van der Waals surface area contributed by atoms with E-state index < -0.39 is 0 Å². The maximum absolute atomic E-state index is 11.3. The summed E-state index contributed by atoms with van der Waals surface area (Å²) in [5.41, 5.74) is 2.74. The standard InChI is InChI=1S/C10H10Br2O2/c1-14-10(13)9-3-7(5-11)2-8(4-9)6-12/h2-4H,5-6H2,1H3. The molecule has 1 rings (SSSR count). The summed E-state index contributed by atoms with van der Waals surface area (Å²) in [5.74, 6) is -0.296. The molecule has 0 N–H and O–H groups in total.